The lowest BCUT2D eigenvalue weighted by Gasteiger charge is -2.35. The van der Waals surface area contributed by atoms with Gasteiger partial charge in [-0.25, -0.2) is 4.79 Å². The molecule has 4 rings (SSSR count). The van der Waals surface area contributed by atoms with Gasteiger partial charge in [0.2, 0.25) is 0 Å². The highest BCUT2D eigenvalue weighted by atomic mass is 32.1. The number of methoxy groups -OCH3 is 1. The number of thiocarbonyl (C=S) groups is 1. The van der Waals surface area contributed by atoms with Crippen LogP contribution in [-0.4, -0.2) is 60.7 Å². The van der Waals surface area contributed by atoms with Crippen molar-refractivity contribution in [2.45, 2.75) is 25.7 Å². The topological polar surface area (TPSA) is 44.8 Å². The minimum Gasteiger partial charge on any atom is -0.465 e. The summed E-state index contributed by atoms with van der Waals surface area (Å²) in [7, 11) is 1.45. The Morgan fingerprint density at radius 1 is 1.16 bits per heavy atom. The Labute approximate surface area is 193 Å². The molecule has 1 aliphatic carbocycles. The summed E-state index contributed by atoms with van der Waals surface area (Å²) in [5.41, 5.74) is 3.07. The number of ether oxygens (including phenoxy) is 1. The van der Waals surface area contributed by atoms with Gasteiger partial charge in [0.1, 0.15) is 5.00 Å². The lowest BCUT2D eigenvalue weighted by Crippen LogP contribution is -2.49. The molecule has 2 heterocycles. The van der Waals surface area contributed by atoms with Gasteiger partial charge in [0.15, 0.2) is 5.11 Å². The first-order valence-corrected chi connectivity index (χ1v) is 12.1. The van der Waals surface area contributed by atoms with Gasteiger partial charge < -0.3 is 15.0 Å². The summed E-state index contributed by atoms with van der Waals surface area (Å²) < 4.78 is 5.07. The summed E-state index contributed by atoms with van der Waals surface area (Å²) in [6.07, 6.45) is 8.68. The average molecular weight is 456 g/mol. The van der Waals surface area contributed by atoms with Crippen LogP contribution in [0.25, 0.3) is 6.08 Å². The number of esters is 1. The Balaban J connectivity index is 1.33. The maximum atomic E-state index is 12.4. The van der Waals surface area contributed by atoms with Crippen molar-refractivity contribution in [2.24, 2.45) is 0 Å². The van der Waals surface area contributed by atoms with Gasteiger partial charge in [0.25, 0.3) is 0 Å². The molecule has 164 valence electrons. The van der Waals surface area contributed by atoms with Gasteiger partial charge >= 0.3 is 5.97 Å². The quantitative estimate of drug-likeness (QED) is 0.531. The summed E-state index contributed by atoms with van der Waals surface area (Å²) >= 11 is 7.37. The van der Waals surface area contributed by atoms with Crippen molar-refractivity contribution in [3.63, 3.8) is 0 Å². The molecule has 0 amide bonds. The predicted molar refractivity (Wildman–Crippen MR) is 132 cm³/mol. The minimum absolute atomic E-state index is 0.264. The molecule has 7 heteroatoms. The SMILES string of the molecule is COC(=O)c1c(NC(=S)N2CCN(C/C=C/c3ccccc3)CC2)sc2c1CCCC2. The lowest BCUT2D eigenvalue weighted by atomic mass is 9.95. The van der Waals surface area contributed by atoms with Crippen LogP contribution in [0.4, 0.5) is 5.00 Å². The molecule has 0 radical (unpaired) electrons. The van der Waals surface area contributed by atoms with E-state index < -0.39 is 0 Å². The summed E-state index contributed by atoms with van der Waals surface area (Å²) in [5.74, 6) is -0.264. The van der Waals surface area contributed by atoms with Crippen LogP contribution < -0.4 is 5.32 Å². The highest BCUT2D eigenvalue weighted by Gasteiger charge is 2.27. The number of hydrogen-bond donors (Lipinski definition) is 1. The third-order valence-corrected chi connectivity index (χ3v) is 7.48. The average Bonchev–Trinajstić information content (AvgIpc) is 3.17. The molecule has 31 heavy (non-hydrogen) atoms. The van der Waals surface area contributed by atoms with Crippen LogP contribution in [0.2, 0.25) is 0 Å². The van der Waals surface area contributed by atoms with Crippen molar-refractivity contribution in [1.29, 1.82) is 0 Å². The molecule has 0 unspecified atom stereocenters. The summed E-state index contributed by atoms with van der Waals surface area (Å²) in [6.45, 7) is 4.62. The van der Waals surface area contributed by atoms with Crippen molar-refractivity contribution in [3.8, 4) is 0 Å². The largest absolute Gasteiger partial charge is 0.465 e. The van der Waals surface area contributed by atoms with E-state index in [0.29, 0.717) is 10.7 Å². The number of fused-ring (bicyclic) bond motifs is 1. The number of aryl methyl sites for hydroxylation is 1. The normalized spacial score (nSPS) is 16.9. The fourth-order valence-electron chi connectivity index (χ4n) is 4.18. The third kappa shape index (κ3) is 5.34. The van der Waals surface area contributed by atoms with E-state index in [1.807, 2.05) is 6.07 Å². The van der Waals surface area contributed by atoms with E-state index in [1.165, 1.54) is 24.0 Å². The monoisotopic (exact) mass is 455 g/mol. The molecular weight excluding hydrogens is 426 g/mol. The Kier molecular flexibility index (Phi) is 7.37. The summed E-state index contributed by atoms with van der Waals surface area (Å²) in [5, 5.41) is 4.92. The summed E-state index contributed by atoms with van der Waals surface area (Å²) in [6, 6.07) is 10.4. The van der Waals surface area contributed by atoms with Gasteiger partial charge in [-0.2, -0.15) is 0 Å². The Morgan fingerprint density at radius 3 is 2.65 bits per heavy atom. The Morgan fingerprint density at radius 2 is 1.90 bits per heavy atom. The van der Waals surface area contributed by atoms with Gasteiger partial charge in [-0.05, 0) is 49.0 Å². The number of benzene rings is 1. The highest BCUT2D eigenvalue weighted by molar-refractivity contribution is 7.80. The van der Waals surface area contributed by atoms with Crippen molar-refractivity contribution >= 4 is 45.7 Å². The molecule has 1 N–H and O–H groups in total. The van der Waals surface area contributed by atoms with Crippen LogP contribution in [0, 0.1) is 0 Å². The molecule has 1 aliphatic heterocycles. The van der Waals surface area contributed by atoms with Gasteiger partial charge in [0, 0.05) is 37.6 Å². The van der Waals surface area contributed by atoms with E-state index in [-0.39, 0.29) is 5.97 Å². The number of carbonyl (C=O) groups is 1. The molecule has 2 aromatic rings. The molecule has 1 aromatic carbocycles. The molecule has 0 spiro atoms. The molecule has 1 fully saturated rings. The minimum atomic E-state index is -0.264. The summed E-state index contributed by atoms with van der Waals surface area (Å²) in [4.78, 5) is 18.4. The molecular formula is C24H29N3O2S2. The molecule has 1 saturated heterocycles. The van der Waals surface area contributed by atoms with Crippen LogP contribution in [-0.2, 0) is 17.6 Å². The zero-order valence-electron chi connectivity index (χ0n) is 17.9. The second-order valence-corrected chi connectivity index (χ2v) is 9.43. The number of piperazine rings is 1. The molecule has 0 bridgehead atoms. The van der Waals surface area contributed by atoms with E-state index in [2.05, 4.69) is 51.5 Å². The first-order valence-electron chi connectivity index (χ1n) is 10.9. The standard InChI is InChI=1S/C24H29N3O2S2/c1-29-23(28)21-19-11-5-6-12-20(19)31-22(21)25-24(30)27-16-14-26(15-17-27)13-7-10-18-8-3-2-4-9-18/h2-4,7-10H,5-6,11-17H2,1H3,(H,25,30)/b10-7+. The van der Waals surface area contributed by atoms with Crippen molar-refractivity contribution in [2.75, 3.05) is 45.2 Å². The fraction of sp³-hybridized carbons (Fsp3) is 0.417. The van der Waals surface area contributed by atoms with Gasteiger partial charge in [-0.3, -0.25) is 4.90 Å². The molecule has 0 saturated carbocycles. The third-order valence-electron chi connectivity index (χ3n) is 5.91. The van der Waals surface area contributed by atoms with Crippen molar-refractivity contribution in [1.82, 2.24) is 9.80 Å². The Hall–Kier alpha value is -2.22. The van der Waals surface area contributed by atoms with Crippen LogP contribution in [0.3, 0.4) is 0 Å². The Bertz CT molecular complexity index is 947. The number of thiophene rings is 1. The van der Waals surface area contributed by atoms with Crippen LogP contribution >= 0.6 is 23.6 Å². The van der Waals surface area contributed by atoms with Crippen LogP contribution in [0.15, 0.2) is 36.4 Å². The van der Waals surface area contributed by atoms with Crippen LogP contribution in [0.1, 0.15) is 39.2 Å². The van der Waals surface area contributed by atoms with Gasteiger partial charge in [-0.1, -0.05) is 42.5 Å². The van der Waals surface area contributed by atoms with Gasteiger partial charge in [0.05, 0.1) is 12.7 Å². The molecule has 1 aromatic heterocycles. The highest BCUT2D eigenvalue weighted by Crippen LogP contribution is 2.38. The van der Waals surface area contributed by atoms with Crippen molar-refractivity contribution < 1.29 is 9.53 Å². The number of hydrogen-bond acceptors (Lipinski definition) is 5. The number of carbonyl (C=O) groups excluding carboxylic acids is 1. The fourth-order valence-corrected chi connectivity index (χ4v) is 5.81. The molecule has 5 nitrogen and oxygen atoms in total. The maximum Gasteiger partial charge on any atom is 0.341 e. The lowest BCUT2D eigenvalue weighted by molar-refractivity contribution is 0.0601. The van der Waals surface area contributed by atoms with E-state index in [4.69, 9.17) is 17.0 Å². The number of rotatable bonds is 5. The van der Waals surface area contributed by atoms with E-state index in [9.17, 15) is 4.79 Å². The number of nitrogens with zero attached hydrogens (tertiary/aromatic N) is 2. The predicted octanol–water partition coefficient (Wildman–Crippen LogP) is 4.44. The van der Waals surface area contributed by atoms with E-state index >= 15 is 0 Å². The smallest absolute Gasteiger partial charge is 0.341 e. The number of nitrogens with one attached hydrogen (secondary N) is 1. The van der Waals surface area contributed by atoms with E-state index in [0.717, 1.165) is 62.6 Å². The van der Waals surface area contributed by atoms with Crippen molar-refractivity contribution in [3.05, 3.63) is 58.0 Å². The first-order chi connectivity index (χ1) is 15.2. The second-order valence-electron chi connectivity index (χ2n) is 7.94. The maximum absolute atomic E-state index is 12.4. The zero-order chi connectivity index (χ0) is 21.6. The first kappa shape index (κ1) is 22.0. The van der Waals surface area contributed by atoms with E-state index in [1.54, 1.807) is 11.3 Å². The molecule has 2 aliphatic rings. The van der Waals surface area contributed by atoms with Crippen LogP contribution in [0.5, 0.6) is 0 Å². The second kappa shape index (κ2) is 10.4. The zero-order valence-corrected chi connectivity index (χ0v) is 19.6. The molecule has 0 atom stereocenters. The van der Waals surface area contributed by atoms with Gasteiger partial charge in [-0.15, -0.1) is 11.3 Å². The number of anilines is 1.